The van der Waals surface area contributed by atoms with Crippen LogP contribution in [-0.2, 0) is 0 Å². The lowest BCUT2D eigenvalue weighted by molar-refractivity contribution is 0.111. The Morgan fingerprint density at radius 3 is 2.84 bits per heavy atom. The Morgan fingerprint density at radius 2 is 2.11 bits per heavy atom. The highest BCUT2D eigenvalue weighted by atomic mass is 35.5. The normalized spacial score (nSPS) is 23.1. The number of nitrogens with zero attached hydrogens (tertiary/aromatic N) is 3. The summed E-state index contributed by atoms with van der Waals surface area (Å²) < 4.78 is 5.87. The molecule has 0 spiro atoms. The molecule has 0 bridgehead atoms. The van der Waals surface area contributed by atoms with Gasteiger partial charge in [0.05, 0.1) is 0 Å². The first-order chi connectivity index (χ1) is 9.21. The summed E-state index contributed by atoms with van der Waals surface area (Å²) in [6, 6.07) is 0.331. The molecule has 1 saturated carbocycles. The van der Waals surface area contributed by atoms with Crippen molar-refractivity contribution < 1.29 is 4.74 Å². The summed E-state index contributed by atoms with van der Waals surface area (Å²) in [5.41, 5.74) is 0. The number of aromatic nitrogens is 3. The van der Waals surface area contributed by atoms with Gasteiger partial charge < -0.3 is 10.1 Å². The van der Waals surface area contributed by atoms with Crippen LogP contribution in [0, 0.1) is 5.92 Å². The zero-order valence-electron chi connectivity index (χ0n) is 11.5. The molecule has 1 aromatic heterocycles. The van der Waals surface area contributed by atoms with Crippen LogP contribution in [0.25, 0.3) is 0 Å². The maximum absolute atomic E-state index is 5.88. The summed E-state index contributed by atoms with van der Waals surface area (Å²) in [7, 11) is 0. The second-order valence-corrected chi connectivity index (χ2v) is 5.26. The highest BCUT2D eigenvalue weighted by Gasteiger charge is 2.23. The number of rotatable bonds is 5. The van der Waals surface area contributed by atoms with Gasteiger partial charge in [0.2, 0.25) is 11.2 Å². The van der Waals surface area contributed by atoms with E-state index in [1.807, 2.05) is 6.92 Å². The molecule has 1 aliphatic rings. The van der Waals surface area contributed by atoms with Crippen LogP contribution in [0.3, 0.4) is 0 Å². The van der Waals surface area contributed by atoms with Gasteiger partial charge in [-0.2, -0.15) is 15.0 Å². The molecular weight excluding hydrogens is 264 g/mol. The highest BCUT2D eigenvalue weighted by Crippen LogP contribution is 2.29. The van der Waals surface area contributed by atoms with Crippen molar-refractivity contribution in [3.63, 3.8) is 0 Å². The summed E-state index contributed by atoms with van der Waals surface area (Å²) in [5.74, 6) is 1.23. The van der Waals surface area contributed by atoms with Crippen molar-refractivity contribution in [2.24, 2.45) is 5.92 Å². The van der Waals surface area contributed by atoms with E-state index in [4.69, 9.17) is 16.3 Å². The maximum atomic E-state index is 5.88. The van der Waals surface area contributed by atoms with Crippen molar-refractivity contribution in [1.82, 2.24) is 15.0 Å². The zero-order valence-corrected chi connectivity index (χ0v) is 12.3. The quantitative estimate of drug-likeness (QED) is 0.899. The Morgan fingerprint density at radius 1 is 1.26 bits per heavy atom. The molecule has 0 saturated heterocycles. The number of nitrogens with one attached hydrogen (secondary N) is 1. The van der Waals surface area contributed by atoms with Crippen molar-refractivity contribution in [3.8, 4) is 6.01 Å². The van der Waals surface area contributed by atoms with Crippen LogP contribution >= 0.6 is 11.6 Å². The number of hydrogen-bond acceptors (Lipinski definition) is 5. The van der Waals surface area contributed by atoms with Crippen LogP contribution in [0.5, 0.6) is 6.01 Å². The molecule has 2 unspecified atom stereocenters. The van der Waals surface area contributed by atoms with Gasteiger partial charge in [-0.05, 0) is 43.7 Å². The minimum atomic E-state index is 0.170. The molecule has 0 radical (unpaired) electrons. The molecule has 1 aliphatic carbocycles. The lowest BCUT2D eigenvalue weighted by atomic mass is 9.86. The summed E-state index contributed by atoms with van der Waals surface area (Å²) in [6.07, 6.45) is 6.07. The van der Waals surface area contributed by atoms with Gasteiger partial charge in [0.1, 0.15) is 6.10 Å². The molecule has 2 atom stereocenters. The fourth-order valence-electron chi connectivity index (χ4n) is 2.49. The van der Waals surface area contributed by atoms with Crippen molar-refractivity contribution in [3.05, 3.63) is 5.28 Å². The Bertz CT molecular complexity index is 416. The first kappa shape index (κ1) is 14.3. The molecule has 0 aliphatic heterocycles. The lowest BCUT2D eigenvalue weighted by Gasteiger charge is -2.28. The molecule has 106 valence electrons. The van der Waals surface area contributed by atoms with Gasteiger partial charge in [-0.3, -0.25) is 0 Å². The van der Waals surface area contributed by atoms with Crippen molar-refractivity contribution in [2.75, 3.05) is 11.9 Å². The van der Waals surface area contributed by atoms with Gasteiger partial charge in [0.15, 0.2) is 0 Å². The molecule has 0 aromatic carbocycles. The summed E-state index contributed by atoms with van der Waals surface area (Å²) in [5, 5.41) is 3.19. The monoisotopic (exact) mass is 284 g/mol. The standard InChI is InChI=1S/C13H21ClN4O/c1-3-9-6-5-7-10(8-9)19-13-17-11(14)16-12(18-13)15-4-2/h9-10H,3-8H2,1-2H3,(H,15,16,17,18). The Kier molecular flexibility index (Phi) is 5.19. The number of ether oxygens (including phenoxy) is 1. The highest BCUT2D eigenvalue weighted by molar-refractivity contribution is 6.28. The molecule has 1 N–H and O–H groups in total. The largest absolute Gasteiger partial charge is 0.460 e. The van der Waals surface area contributed by atoms with E-state index in [2.05, 4.69) is 27.2 Å². The fraction of sp³-hybridized carbons (Fsp3) is 0.769. The lowest BCUT2D eigenvalue weighted by Crippen LogP contribution is -2.26. The van der Waals surface area contributed by atoms with Crippen molar-refractivity contribution in [2.45, 2.75) is 52.1 Å². The van der Waals surface area contributed by atoms with Crippen LogP contribution in [0.2, 0.25) is 5.28 Å². The van der Waals surface area contributed by atoms with Gasteiger partial charge in [0.25, 0.3) is 0 Å². The maximum Gasteiger partial charge on any atom is 0.322 e. The average molecular weight is 285 g/mol. The number of hydrogen-bond donors (Lipinski definition) is 1. The second-order valence-electron chi connectivity index (χ2n) is 4.92. The molecule has 1 heterocycles. The third kappa shape index (κ3) is 4.20. The van der Waals surface area contributed by atoms with Crippen LogP contribution in [0.15, 0.2) is 0 Å². The van der Waals surface area contributed by atoms with E-state index < -0.39 is 0 Å². The van der Waals surface area contributed by atoms with Gasteiger partial charge >= 0.3 is 6.01 Å². The first-order valence-electron chi connectivity index (χ1n) is 7.03. The minimum Gasteiger partial charge on any atom is -0.460 e. The Hall–Kier alpha value is -1.10. The minimum absolute atomic E-state index is 0.170. The Labute approximate surface area is 119 Å². The number of anilines is 1. The van der Waals surface area contributed by atoms with Crippen molar-refractivity contribution in [1.29, 1.82) is 0 Å². The molecule has 2 rings (SSSR count). The molecule has 1 fully saturated rings. The molecule has 0 amide bonds. The predicted molar refractivity (Wildman–Crippen MR) is 75.7 cm³/mol. The third-order valence-electron chi connectivity index (χ3n) is 3.51. The molecule has 19 heavy (non-hydrogen) atoms. The topological polar surface area (TPSA) is 59.9 Å². The molecule has 5 nitrogen and oxygen atoms in total. The van der Waals surface area contributed by atoms with E-state index in [-0.39, 0.29) is 11.4 Å². The van der Waals surface area contributed by atoms with Gasteiger partial charge in [0, 0.05) is 6.54 Å². The van der Waals surface area contributed by atoms with Gasteiger partial charge in [-0.1, -0.05) is 19.8 Å². The predicted octanol–water partition coefficient (Wildman–Crippen LogP) is 3.30. The zero-order chi connectivity index (χ0) is 13.7. The van der Waals surface area contributed by atoms with E-state index in [0.717, 1.165) is 25.3 Å². The summed E-state index contributed by atoms with van der Waals surface area (Å²) >= 11 is 5.88. The van der Waals surface area contributed by atoms with Gasteiger partial charge in [-0.15, -0.1) is 0 Å². The van der Waals surface area contributed by atoms with Crippen LogP contribution in [-0.4, -0.2) is 27.6 Å². The Balaban J connectivity index is 2.01. The van der Waals surface area contributed by atoms with Gasteiger partial charge in [-0.25, -0.2) is 0 Å². The molecule has 6 heteroatoms. The summed E-state index contributed by atoms with van der Waals surface area (Å²) in [4.78, 5) is 12.3. The first-order valence-corrected chi connectivity index (χ1v) is 7.41. The third-order valence-corrected chi connectivity index (χ3v) is 3.68. The fourth-order valence-corrected chi connectivity index (χ4v) is 2.64. The smallest absolute Gasteiger partial charge is 0.322 e. The molecule has 1 aromatic rings. The van der Waals surface area contributed by atoms with E-state index in [9.17, 15) is 0 Å². The van der Waals surface area contributed by atoms with Crippen LogP contribution in [0.1, 0.15) is 46.0 Å². The molecular formula is C13H21ClN4O. The van der Waals surface area contributed by atoms with Crippen molar-refractivity contribution >= 4 is 17.5 Å². The summed E-state index contributed by atoms with van der Waals surface area (Å²) in [6.45, 7) is 4.95. The van der Waals surface area contributed by atoms with Crippen LogP contribution in [0.4, 0.5) is 5.95 Å². The second kappa shape index (κ2) is 6.89. The average Bonchev–Trinajstić information content (AvgIpc) is 2.38. The van der Waals surface area contributed by atoms with E-state index in [1.54, 1.807) is 0 Å². The number of halogens is 1. The van der Waals surface area contributed by atoms with E-state index >= 15 is 0 Å². The SMILES string of the molecule is CCNc1nc(Cl)nc(OC2CCCC(CC)C2)n1. The van der Waals surface area contributed by atoms with Crippen LogP contribution < -0.4 is 10.1 Å². The van der Waals surface area contributed by atoms with E-state index in [1.165, 1.54) is 19.3 Å². The van der Waals surface area contributed by atoms with E-state index in [0.29, 0.717) is 12.0 Å².